The van der Waals surface area contributed by atoms with E-state index in [4.69, 9.17) is 5.11 Å². The minimum atomic E-state index is 0.363. The first-order chi connectivity index (χ1) is 9.74. The Hall–Kier alpha value is -0.0800. The molecule has 20 heavy (non-hydrogen) atoms. The average Bonchev–Trinajstić information content (AvgIpc) is 2.48. The maximum atomic E-state index is 8.87. The molecule has 122 valence electrons. The number of quaternary nitrogens is 1. The van der Waals surface area contributed by atoms with Crippen LogP contribution >= 0.6 is 0 Å². The molecule has 0 spiro atoms. The Labute approximate surface area is 128 Å². The van der Waals surface area contributed by atoms with Crippen LogP contribution in [-0.2, 0) is 0 Å². The Bertz CT molecular complexity index is 172. The van der Waals surface area contributed by atoms with Crippen LogP contribution in [0.5, 0.6) is 0 Å². The van der Waals surface area contributed by atoms with E-state index >= 15 is 0 Å². The minimum Gasteiger partial charge on any atom is -0.396 e. The zero-order chi connectivity index (χ0) is 15.1. The second kappa shape index (κ2) is 13.9. The van der Waals surface area contributed by atoms with Gasteiger partial charge in [0.2, 0.25) is 0 Å². The third-order valence-corrected chi connectivity index (χ3v) is 4.50. The van der Waals surface area contributed by atoms with Crippen molar-refractivity contribution in [1.82, 2.24) is 0 Å². The van der Waals surface area contributed by atoms with Gasteiger partial charge in [-0.25, -0.2) is 0 Å². The number of hydrogen-bond donors (Lipinski definition) is 1. The molecule has 2 nitrogen and oxygen atoms in total. The first-order valence-electron chi connectivity index (χ1n) is 9.20. The lowest BCUT2D eigenvalue weighted by molar-refractivity contribution is -0.929. The lowest BCUT2D eigenvalue weighted by Gasteiger charge is -2.39. The summed E-state index contributed by atoms with van der Waals surface area (Å²) < 4.78 is 1.37. The summed E-state index contributed by atoms with van der Waals surface area (Å²) in [4.78, 5) is 0. The molecule has 0 heterocycles. The molecule has 0 bridgehead atoms. The van der Waals surface area contributed by atoms with Crippen molar-refractivity contribution in [3.8, 4) is 0 Å². The maximum Gasteiger partial charge on any atom is 0.0786 e. The van der Waals surface area contributed by atoms with Crippen molar-refractivity contribution in [1.29, 1.82) is 0 Å². The number of hydrogen-bond acceptors (Lipinski definition) is 1. The van der Waals surface area contributed by atoms with Gasteiger partial charge in [-0.15, -0.1) is 0 Å². The van der Waals surface area contributed by atoms with E-state index in [2.05, 4.69) is 20.8 Å². The topological polar surface area (TPSA) is 20.2 Å². The van der Waals surface area contributed by atoms with Crippen molar-refractivity contribution in [2.75, 3.05) is 32.8 Å². The summed E-state index contributed by atoms with van der Waals surface area (Å²) in [6, 6.07) is 0. The number of nitrogens with zero attached hydrogens (tertiary/aromatic N) is 1. The standard InChI is InChI=1S/C18H40NO/c1-4-7-14-19(15-8-5-2,16-9-6-3)17-12-10-11-13-18-20/h20H,4-18H2,1-3H3/q+1. The van der Waals surface area contributed by atoms with Gasteiger partial charge in [-0.2, -0.15) is 0 Å². The van der Waals surface area contributed by atoms with Crippen LogP contribution in [0.25, 0.3) is 0 Å². The lowest BCUT2D eigenvalue weighted by Crippen LogP contribution is -2.50. The first kappa shape index (κ1) is 19.9. The van der Waals surface area contributed by atoms with E-state index in [9.17, 15) is 0 Å². The molecule has 0 saturated heterocycles. The molecular weight excluding hydrogens is 246 g/mol. The molecule has 0 aliphatic carbocycles. The van der Waals surface area contributed by atoms with E-state index in [1.165, 1.54) is 88.4 Å². The lowest BCUT2D eigenvalue weighted by atomic mass is 10.1. The normalized spacial score (nSPS) is 12.0. The van der Waals surface area contributed by atoms with Crippen molar-refractivity contribution in [2.24, 2.45) is 0 Å². The van der Waals surface area contributed by atoms with E-state index in [1.807, 2.05) is 0 Å². The summed E-state index contributed by atoms with van der Waals surface area (Å²) in [5.41, 5.74) is 0. The molecule has 0 saturated carbocycles. The van der Waals surface area contributed by atoms with Crippen LogP contribution in [0.4, 0.5) is 0 Å². The van der Waals surface area contributed by atoms with E-state index in [0.717, 1.165) is 6.42 Å². The van der Waals surface area contributed by atoms with Gasteiger partial charge in [0.1, 0.15) is 0 Å². The average molecular weight is 287 g/mol. The molecule has 0 aromatic rings. The summed E-state index contributed by atoms with van der Waals surface area (Å²) in [7, 11) is 0. The van der Waals surface area contributed by atoms with E-state index < -0.39 is 0 Å². The summed E-state index contributed by atoms with van der Waals surface area (Å²) in [5.74, 6) is 0. The van der Waals surface area contributed by atoms with E-state index in [1.54, 1.807) is 0 Å². The monoisotopic (exact) mass is 286 g/mol. The Morgan fingerprint density at radius 2 is 0.950 bits per heavy atom. The molecule has 0 atom stereocenters. The molecule has 0 aromatic carbocycles. The number of aliphatic hydroxyl groups is 1. The third-order valence-electron chi connectivity index (χ3n) is 4.50. The molecule has 0 unspecified atom stereocenters. The quantitative estimate of drug-likeness (QED) is 0.340. The maximum absolute atomic E-state index is 8.87. The summed E-state index contributed by atoms with van der Waals surface area (Å²) >= 11 is 0. The van der Waals surface area contributed by atoms with Crippen LogP contribution in [0.2, 0.25) is 0 Å². The molecule has 1 N–H and O–H groups in total. The molecule has 0 amide bonds. The fraction of sp³-hybridized carbons (Fsp3) is 1.00. The van der Waals surface area contributed by atoms with Crippen LogP contribution in [0.15, 0.2) is 0 Å². The summed E-state index contributed by atoms with van der Waals surface area (Å²) in [6.07, 6.45) is 12.9. The van der Waals surface area contributed by atoms with Crippen LogP contribution < -0.4 is 0 Å². The van der Waals surface area contributed by atoms with Crippen molar-refractivity contribution in [2.45, 2.75) is 85.0 Å². The number of rotatable bonds is 15. The number of aliphatic hydroxyl groups excluding tert-OH is 1. The van der Waals surface area contributed by atoms with Crippen LogP contribution in [0, 0.1) is 0 Å². The van der Waals surface area contributed by atoms with Gasteiger partial charge in [-0.1, -0.05) is 46.5 Å². The molecule has 0 aromatic heterocycles. The first-order valence-corrected chi connectivity index (χ1v) is 9.20. The fourth-order valence-electron chi connectivity index (χ4n) is 3.06. The predicted octanol–water partition coefficient (Wildman–Crippen LogP) is 4.76. The molecular formula is C18H40NO+. The summed E-state index contributed by atoms with van der Waals surface area (Å²) in [6.45, 7) is 12.8. The van der Waals surface area contributed by atoms with E-state index in [-0.39, 0.29) is 0 Å². The molecule has 0 radical (unpaired) electrons. The molecule has 0 aliphatic rings. The van der Waals surface area contributed by atoms with Gasteiger partial charge in [-0.3, -0.25) is 0 Å². The molecule has 0 fully saturated rings. The van der Waals surface area contributed by atoms with Gasteiger partial charge in [0, 0.05) is 6.61 Å². The van der Waals surface area contributed by atoms with Gasteiger partial charge in [0.25, 0.3) is 0 Å². The van der Waals surface area contributed by atoms with Gasteiger partial charge < -0.3 is 9.59 Å². The van der Waals surface area contributed by atoms with Crippen LogP contribution in [0.3, 0.4) is 0 Å². The summed E-state index contributed by atoms with van der Waals surface area (Å²) in [5, 5.41) is 8.87. The van der Waals surface area contributed by atoms with Gasteiger partial charge >= 0.3 is 0 Å². The van der Waals surface area contributed by atoms with Crippen LogP contribution in [-0.4, -0.2) is 42.4 Å². The second-order valence-corrected chi connectivity index (χ2v) is 6.43. The third kappa shape index (κ3) is 9.77. The molecule has 2 heteroatoms. The smallest absolute Gasteiger partial charge is 0.0786 e. The Balaban J connectivity index is 4.34. The highest BCUT2D eigenvalue weighted by atomic mass is 16.2. The second-order valence-electron chi connectivity index (χ2n) is 6.43. The highest BCUT2D eigenvalue weighted by molar-refractivity contribution is 4.51. The number of unbranched alkanes of at least 4 members (excludes halogenated alkanes) is 6. The highest BCUT2D eigenvalue weighted by Gasteiger charge is 2.24. The minimum absolute atomic E-state index is 0.363. The highest BCUT2D eigenvalue weighted by Crippen LogP contribution is 2.17. The Morgan fingerprint density at radius 3 is 1.35 bits per heavy atom. The van der Waals surface area contributed by atoms with Crippen molar-refractivity contribution >= 4 is 0 Å². The SMILES string of the molecule is CCCC[N+](CCCC)(CCCC)CCCCCCO. The molecule has 0 rings (SSSR count). The Kier molecular flexibility index (Phi) is 13.8. The van der Waals surface area contributed by atoms with Crippen molar-refractivity contribution < 1.29 is 9.59 Å². The fourth-order valence-corrected chi connectivity index (χ4v) is 3.06. The van der Waals surface area contributed by atoms with Gasteiger partial charge in [0.15, 0.2) is 0 Å². The zero-order valence-electron chi connectivity index (χ0n) is 14.5. The van der Waals surface area contributed by atoms with Gasteiger partial charge in [-0.05, 0) is 38.5 Å². The van der Waals surface area contributed by atoms with Crippen molar-refractivity contribution in [3.05, 3.63) is 0 Å². The van der Waals surface area contributed by atoms with Gasteiger partial charge in [0.05, 0.1) is 26.2 Å². The van der Waals surface area contributed by atoms with E-state index in [0.29, 0.717) is 6.61 Å². The molecule has 0 aliphatic heterocycles. The van der Waals surface area contributed by atoms with Crippen molar-refractivity contribution in [3.63, 3.8) is 0 Å². The zero-order valence-corrected chi connectivity index (χ0v) is 14.5. The Morgan fingerprint density at radius 1 is 0.550 bits per heavy atom. The van der Waals surface area contributed by atoms with Crippen LogP contribution in [0.1, 0.15) is 85.0 Å². The largest absolute Gasteiger partial charge is 0.396 e. The predicted molar refractivity (Wildman–Crippen MR) is 90.0 cm³/mol.